The monoisotopic (exact) mass is 310 g/mol. The van der Waals surface area contributed by atoms with Crippen molar-refractivity contribution >= 4 is 7.60 Å². The van der Waals surface area contributed by atoms with Crippen LogP contribution in [0.1, 0.15) is 59.3 Å². The topological polar surface area (TPSA) is 35.5 Å². The smallest absolute Gasteiger partial charge is 0.304 e. The van der Waals surface area contributed by atoms with E-state index in [4.69, 9.17) is 0 Å². The van der Waals surface area contributed by atoms with E-state index in [-0.39, 0.29) is 13.2 Å². The summed E-state index contributed by atoms with van der Waals surface area (Å²) in [6, 6.07) is 0. The van der Waals surface area contributed by atoms with E-state index in [1.54, 1.807) is 5.92 Å². The summed E-state index contributed by atoms with van der Waals surface area (Å²) in [4.78, 5) is 0. The molecule has 118 valence electrons. The molecule has 20 heavy (non-hydrogen) atoms. The van der Waals surface area contributed by atoms with Crippen LogP contribution in [0.5, 0.6) is 0 Å². The van der Waals surface area contributed by atoms with Gasteiger partial charge in [-0.15, -0.1) is 0 Å². The van der Waals surface area contributed by atoms with Gasteiger partial charge in [-0.3, -0.25) is 4.57 Å². The average Bonchev–Trinajstić information content (AvgIpc) is 2.38. The van der Waals surface area contributed by atoms with Crippen molar-refractivity contribution in [2.45, 2.75) is 65.0 Å². The van der Waals surface area contributed by atoms with Gasteiger partial charge in [0.25, 0.3) is 0 Å². The highest BCUT2D eigenvalue weighted by molar-refractivity contribution is 7.55. The molecule has 0 aromatic heterocycles. The minimum atomic E-state index is -4.50. The highest BCUT2D eigenvalue weighted by Crippen LogP contribution is 2.61. The Bertz CT molecular complexity index is 351. The van der Waals surface area contributed by atoms with Gasteiger partial charge < -0.3 is 9.05 Å². The molecule has 0 saturated heterocycles. The van der Waals surface area contributed by atoms with Crippen LogP contribution in [-0.2, 0) is 13.6 Å². The molecule has 0 N–H and O–H groups in total. The van der Waals surface area contributed by atoms with Crippen molar-refractivity contribution in [1.82, 2.24) is 0 Å². The number of hydrogen-bond acceptors (Lipinski definition) is 3. The summed E-state index contributed by atoms with van der Waals surface area (Å²) in [5, 5.41) is 0. The molecule has 0 fully saturated rings. The van der Waals surface area contributed by atoms with Gasteiger partial charge in [-0.25, -0.2) is 0 Å². The van der Waals surface area contributed by atoms with Gasteiger partial charge in [0.15, 0.2) is 0 Å². The molecule has 0 atom stereocenters. The first-order chi connectivity index (χ1) is 9.43. The first kappa shape index (κ1) is 19.6. The summed E-state index contributed by atoms with van der Waals surface area (Å²) in [7, 11) is -4.50. The fraction of sp³-hybridized carbons (Fsp3) is 0.857. The summed E-state index contributed by atoms with van der Waals surface area (Å²) in [6.07, 6.45) is 5.49. The van der Waals surface area contributed by atoms with Crippen molar-refractivity contribution in [3.63, 3.8) is 0 Å². The molecule has 0 rings (SSSR count). The average molecular weight is 310 g/mol. The molecule has 0 aromatic carbocycles. The summed E-state index contributed by atoms with van der Waals surface area (Å²) in [5.74, 6) is 4.16. The van der Waals surface area contributed by atoms with Crippen LogP contribution in [0.25, 0.3) is 0 Å². The normalized spacial score (nSPS) is 12.1. The predicted octanol–water partition coefficient (Wildman–Crippen LogP) is 5.21. The van der Waals surface area contributed by atoms with E-state index in [0.717, 1.165) is 32.1 Å². The van der Waals surface area contributed by atoms with E-state index in [1.165, 1.54) is 13.8 Å². The second-order valence-corrected chi connectivity index (χ2v) is 6.41. The third-order valence-corrected chi connectivity index (χ3v) is 4.58. The lowest BCUT2D eigenvalue weighted by atomic mass is 10.1. The molecule has 0 heterocycles. The van der Waals surface area contributed by atoms with Crippen molar-refractivity contribution in [2.75, 3.05) is 13.2 Å². The molecule has 0 amide bonds. The first-order valence-corrected chi connectivity index (χ1v) is 8.74. The minimum Gasteiger partial charge on any atom is -0.304 e. The van der Waals surface area contributed by atoms with Gasteiger partial charge in [-0.1, -0.05) is 38.5 Å². The Kier molecular flexibility index (Phi) is 10.1. The van der Waals surface area contributed by atoms with Crippen molar-refractivity contribution in [2.24, 2.45) is 0 Å². The fourth-order valence-corrected chi connectivity index (χ4v) is 2.89. The second-order valence-electron chi connectivity index (χ2n) is 4.34. The Hall–Kier alpha value is -0.430. The summed E-state index contributed by atoms with van der Waals surface area (Å²) in [6.45, 7) is 4.88. The molecule has 0 aliphatic carbocycles. The lowest BCUT2D eigenvalue weighted by molar-refractivity contribution is 0.0869. The van der Waals surface area contributed by atoms with Crippen LogP contribution in [0.4, 0.5) is 8.78 Å². The number of rotatable bonds is 10. The highest BCUT2D eigenvalue weighted by atomic mass is 31.2. The zero-order valence-corrected chi connectivity index (χ0v) is 13.5. The van der Waals surface area contributed by atoms with Crippen LogP contribution in [-0.4, -0.2) is 18.9 Å². The minimum absolute atomic E-state index is 0.106. The van der Waals surface area contributed by atoms with Gasteiger partial charge in [0.05, 0.1) is 13.2 Å². The van der Waals surface area contributed by atoms with Crippen molar-refractivity contribution in [1.29, 1.82) is 0 Å². The molecule has 0 unspecified atom stereocenters. The predicted molar refractivity (Wildman–Crippen MR) is 77.0 cm³/mol. The number of hydrogen-bond donors (Lipinski definition) is 0. The Labute approximate surface area is 121 Å². The van der Waals surface area contributed by atoms with Gasteiger partial charge in [0.1, 0.15) is 0 Å². The number of unbranched alkanes of at least 4 members (excludes halogenated alkanes) is 5. The van der Waals surface area contributed by atoms with Crippen molar-refractivity contribution in [3.05, 3.63) is 0 Å². The molecule has 0 aliphatic rings. The van der Waals surface area contributed by atoms with E-state index < -0.39 is 13.3 Å². The zero-order valence-electron chi connectivity index (χ0n) is 12.6. The molecule has 6 heteroatoms. The van der Waals surface area contributed by atoms with Crippen LogP contribution in [0.15, 0.2) is 0 Å². The van der Waals surface area contributed by atoms with E-state index in [2.05, 4.69) is 21.9 Å². The fourth-order valence-electron chi connectivity index (χ4n) is 1.59. The maximum Gasteiger partial charge on any atom is 0.412 e. The highest BCUT2D eigenvalue weighted by Gasteiger charge is 2.52. The lowest BCUT2D eigenvalue weighted by Crippen LogP contribution is -2.18. The molecule has 0 bridgehead atoms. The molecular weight excluding hydrogens is 285 g/mol. The molecule has 0 aromatic rings. The lowest BCUT2D eigenvalue weighted by Gasteiger charge is -2.21. The van der Waals surface area contributed by atoms with Gasteiger partial charge in [0, 0.05) is 6.42 Å². The number of alkyl halides is 2. The molecule has 0 saturated carbocycles. The SMILES string of the molecule is CCCCCCCC#CC(F)(F)P(=O)(OCC)OCC. The van der Waals surface area contributed by atoms with E-state index in [9.17, 15) is 13.3 Å². The van der Waals surface area contributed by atoms with Crippen LogP contribution in [0.3, 0.4) is 0 Å². The number of halogens is 2. The quantitative estimate of drug-likeness (QED) is 0.316. The Morgan fingerprint density at radius 1 is 1.00 bits per heavy atom. The van der Waals surface area contributed by atoms with Crippen molar-refractivity contribution in [3.8, 4) is 11.8 Å². The Morgan fingerprint density at radius 2 is 1.55 bits per heavy atom. The molecule has 0 aliphatic heterocycles. The van der Waals surface area contributed by atoms with Crippen LogP contribution >= 0.6 is 7.60 Å². The molecule has 3 nitrogen and oxygen atoms in total. The van der Waals surface area contributed by atoms with E-state index >= 15 is 0 Å². The van der Waals surface area contributed by atoms with Gasteiger partial charge >= 0.3 is 13.3 Å². The van der Waals surface area contributed by atoms with Gasteiger partial charge in [0.2, 0.25) is 0 Å². The Morgan fingerprint density at radius 3 is 2.05 bits per heavy atom. The second kappa shape index (κ2) is 10.3. The van der Waals surface area contributed by atoms with Crippen LogP contribution in [0, 0.1) is 11.8 Å². The Balaban J connectivity index is 4.43. The van der Waals surface area contributed by atoms with Crippen LogP contribution < -0.4 is 0 Å². The van der Waals surface area contributed by atoms with E-state index in [0.29, 0.717) is 6.42 Å². The molecule has 0 radical (unpaired) electrons. The van der Waals surface area contributed by atoms with Gasteiger partial charge in [-0.2, -0.15) is 8.78 Å². The zero-order chi connectivity index (χ0) is 15.5. The van der Waals surface area contributed by atoms with Crippen molar-refractivity contribution < 1.29 is 22.4 Å². The maximum absolute atomic E-state index is 13.8. The maximum atomic E-state index is 13.8. The largest absolute Gasteiger partial charge is 0.412 e. The summed E-state index contributed by atoms with van der Waals surface area (Å²) in [5.41, 5.74) is -3.75. The standard InChI is InChI=1S/C14H25F2O3P/c1-4-7-8-9-10-11-12-13-14(15,16)20(17,18-5-2)19-6-3/h4-11H2,1-3H3. The molecule has 0 spiro atoms. The molecular formula is C14H25F2O3P. The summed E-state index contributed by atoms with van der Waals surface area (Å²) >= 11 is 0. The summed E-state index contributed by atoms with van der Waals surface area (Å²) < 4.78 is 48.8. The third kappa shape index (κ3) is 6.83. The van der Waals surface area contributed by atoms with E-state index in [1.807, 2.05) is 0 Å². The first-order valence-electron chi connectivity index (χ1n) is 7.20. The van der Waals surface area contributed by atoms with Gasteiger partial charge in [-0.05, 0) is 26.2 Å². The third-order valence-electron chi connectivity index (χ3n) is 2.59. The van der Waals surface area contributed by atoms with Crippen LogP contribution in [0.2, 0.25) is 0 Å².